The van der Waals surface area contributed by atoms with Crippen LogP contribution in [0.2, 0.25) is 0 Å². The summed E-state index contributed by atoms with van der Waals surface area (Å²) in [4.78, 5) is 14.3. The Kier molecular flexibility index (Phi) is 3.22. The number of nitrogens with one attached hydrogen (secondary N) is 1. The summed E-state index contributed by atoms with van der Waals surface area (Å²) < 4.78 is 5.23. The van der Waals surface area contributed by atoms with Gasteiger partial charge in [-0.05, 0) is 40.2 Å². The molecule has 2 fully saturated rings. The summed E-state index contributed by atoms with van der Waals surface area (Å²) in [6.07, 6.45) is 3.25. The largest absolute Gasteiger partial charge is 0.465 e. The minimum atomic E-state index is -0.453. The Morgan fingerprint density at radius 3 is 2.69 bits per heavy atom. The Bertz CT molecular complexity index is 261. The van der Waals surface area contributed by atoms with Crippen LogP contribution in [0, 0.1) is 0 Å². The van der Waals surface area contributed by atoms with Crippen LogP contribution < -0.4 is 5.32 Å². The quantitative estimate of drug-likeness (QED) is 0.719. The van der Waals surface area contributed by atoms with Crippen LogP contribution in [-0.2, 0) is 9.53 Å². The van der Waals surface area contributed by atoms with E-state index in [-0.39, 0.29) is 5.97 Å². The number of hydrogen-bond acceptors (Lipinski definition) is 4. The normalized spacial score (nSPS) is 35.3. The molecule has 0 spiro atoms. The monoisotopic (exact) mass is 226 g/mol. The molecule has 2 aliphatic rings. The van der Waals surface area contributed by atoms with Gasteiger partial charge in [0.2, 0.25) is 0 Å². The molecule has 2 rings (SSSR count). The second kappa shape index (κ2) is 4.34. The molecule has 0 aromatic heterocycles. The van der Waals surface area contributed by atoms with E-state index in [2.05, 4.69) is 24.2 Å². The van der Waals surface area contributed by atoms with Crippen LogP contribution in [0.4, 0.5) is 0 Å². The first-order valence-corrected chi connectivity index (χ1v) is 6.22. The van der Waals surface area contributed by atoms with Crippen molar-refractivity contribution < 1.29 is 9.53 Å². The lowest BCUT2D eigenvalue weighted by Gasteiger charge is -2.28. The van der Waals surface area contributed by atoms with E-state index in [1.165, 1.54) is 12.8 Å². The molecule has 0 aromatic carbocycles. The number of hydrogen-bond donors (Lipinski definition) is 1. The standard InChI is InChI=1S/C12H22N2O2/c1-4-16-11(15)12(13-10-5-6-10)7-9(2)14(3)8-12/h9-10,13H,4-8H2,1-3H3. The highest BCUT2D eigenvalue weighted by Gasteiger charge is 2.50. The van der Waals surface area contributed by atoms with Gasteiger partial charge in [-0.3, -0.25) is 5.32 Å². The van der Waals surface area contributed by atoms with Gasteiger partial charge < -0.3 is 9.64 Å². The molecule has 1 saturated carbocycles. The number of likely N-dealkylation sites (N-methyl/N-ethyl adjacent to an activating group) is 1. The van der Waals surface area contributed by atoms with Gasteiger partial charge >= 0.3 is 5.97 Å². The first-order chi connectivity index (χ1) is 7.57. The maximum Gasteiger partial charge on any atom is 0.327 e. The molecular weight excluding hydrogens is 204 g/mol. The molecule has 0 aromatic rings. The van der Waals surface area contributed by atoms with E-state index in [1.807, 2.05) is 6.92 Å². The Morgan fingerprint density at radius 1 is 1.56 bits per heavy atom. The summed E-state index contributed by atoms with van der Waals surface area (Å²) in [5.41, 5.74) is -0.453. The molecule has 1 N–H and O–H groups in total. The van der Waals surface area contributed by atoms with Gasteiger partial charge in [0, 0.05) is 18.6 Å². The highest BCUT2D eigenvalue weighted by Crippen LogP contribution is 2.31. The zero-order chi connectivity index (χ0) is 11.8. The van der Waals surface area contributed by atoms with Crippen molar-refractivity contribution in [2.24, 2.45) is 0 Å². The fourth-order valence-corrected chi connectivity index (χ4v) is 2.51. The molecule has 0 radical (unpaired) electrons. The van der Waals surface area contributed by atoms with Crippen molar-refractivity contribution in [3.05, 3.63) is 0 Å². The van der Waals surface area contributed by atoms with Gasteiger partial charge in [-0.15, -0.1) is 0 Å². The van der Waals surface area contributed by atoms with Crippen LogP contribution in [0.1, 0.15) is 33.1 Å². The first kappa shape index (κ1) is 11.9. The lowest BCUT2D eigenvalue weighted by Crippen LogP contribution is -2.55. The van der Waals surface area contributed by atoms with Crippen LogP contribution in [0.3, 0.4) is 0 Å². The highest BCUT2D eigenvalue weighted by atomic mass is 16.5. The molecule has 0 amide bonds. The lowest BCUT2D eigenvalue weighted by molar-refractivity contribution is -0.150. The Balaban J connectivity index is 2.09. The number of likely N-dealkylation sites (tertiary alicyclic amines) is 1. The smallest absolute Gasteiger partial charge is 0.327 e. The molecule has 92 valence electrons. The first-order valence-electron chi connectivity index (χ1n) is 6.22. The minimum Gasteiger partial charge on any atom is -0.465 e. The maximum atomic E-state index is 12.1. The summed E-state index contributed by atoms with van der Waals surface area (Å²) in [5, 5.41) is 3.50. The van der Waals surface area contributed by atoms with Gasteiger partial charge in [-0.25, -0.2) is 4.79 Å². The second-order valence-corrected chi connectivity index (χ2v) is 5.19. The summed E-state index contributed by atoms with van der Waals surface area (Å²) in [6, 6.07) is 0.971. The fourth-order valence-electron chi connectivity index (χ4n) is 2.51. The number of carbonyl (C=O) groups excluding carboxylic acids is 1. The van der Waals surface area contributed by atoms with Crippen molar-refractivity contribution in [3.63, 3.8) is 0 Å². The molecule has 1 heterocycles. The topological polar surface area (TPSA) is 41.6 Å². The number of ether oxygens (including phenoxy) is 1. The summed E-state index contributed by atoms with van der Waals surface area (Å²) in [5.74, 6) is -0.0712. The van der Waals surface area contributed by atoms with Gasteiger partial charge in [0.25, 0.3) is 0 Å². The van der Waals surface area contributed by atoms with Gasteiger partial charge in [-0.1, -0.05) is 0 Å². The molecule has 0 bridgehead atoms. The summed E-state index contributed by atoms with van der Waals surface area (Å²) in [6.45, 7) is 5.26. The Labute approximate surface area is 97.3 Å². The third-order valence-corrected chi connectivity index (χ3v) is 3.64. The SMILES string of the molecule is CCOC(=O)C1(NC2CC2)CC(C)N(C)C1. The van der Waals surface area contributed by atoms with Crippen molar-refractivity contribution in [1.82, 2.24) is 10.2 Å². The van der Waals surface area contributed by atoms with Crippen LogP contribution in [0.25, 0.3) is 0 Å². The van der Waals surface area contributed by atoms with E-state index in [1.54, 1.807) is 0 Å². The molecule has 1 saturated heterocycles. The zero-order valence-corrected chi connectivity index (χ0v) is 10.5. The molecule has 4 heteroatoms. The molecular formula is C12H22N2O2. The highest BCUT2D eigenvalue weighted by molar-refractivity contribution is 5.82. The van der Waals surface area contributed by atoms with E-state index >= 15 is 0 Å². The number of carbonyl (C=O) groups is 1. The molecule has 1 aliphatic carbocycles. The van der Waals surface area contributed by atoms with E-state index < -0.39 is 5.54 Å². The van der Waals surface area contributed by atoms with Crippen LogP contribution in [0.5, 0.6) is 0 Å². The van der Waals surface area contributed by atoms with Crippen molar-refractivity contribution in [3.8, 4) is 0 Å². The molecule has 1 aliphatic heterocycles. The van der Waals surface area contributed by atoms with E-state index in [0.717, 1.165) is 13.0 Å². The van der Waals surface area contributed by atoms with Crippen molar-refractivity contribution in [2.45, 2.75) is 50.7 Å². The predicted octanol–water partition coefficient (Wildman–Crippen LogP) is 0.764. The summed E-state index contributed by atoms with van der Waals surface area (Å²) >= 11 is 0. The van der Waals surface area contributed by atoms with E-state index in [4.69, 9.17) is 4.74 Å². The third-order valence-electron chi connectivity index (χ3n) is 3.64. The van der Waals surface area contributed by atoms with Gasteiger partial charge in [0.1, 0.15) is 5.54 Å². The lowest BCUT2D eigenvalue weighted by atomic mass is 9.96. The number of esters is 1. The fraction of sp³-hybridized carbons (Fsp3) is 0.917. The van der Waals surface area contributed by atoms with Crippen LogP contribution in [-0.4, -0.2) is 48.7 Å². The Morgan fingerprint density at radius 2 is 2.25 bits per heavy atom. The van der Waals surface area contributed by atoms with Crippen molar-refractivity contribution >= 4 is 5.97 Å². The Hall–Kier alpha value is -0.610. The van der Waals surface area contributed by atoms with Gasteiger partial charge in [0.15, 0.2) is 0 Å². The van der Waals surface area contributed by atoms with Gasteiger partial charge in [0.05, 0.1) is 6.61 Å². The van der Waals surface area contributed by atoms with Crippen molar-refractivity contribution in [1.29, 1.82) is 0 Å². The van der Waals surface area contributed by atoms with Gasteiger partial charge in [-0.2, -0.15) is 0 Å². The maximum absolute atomic E-state index is 12.1. The van der Waals surface area contributed by atoms with Crippen LogP contribution >= 0.6 is 0 Å². The average Bonchev–Trinajstić information content (AvgIpc) is 2.96. The molecule has 2 unspecified atom stereocenters. The zero-order valence-electron chi connectivity index (χ0n) is 10.5. The third kappa shape index (κ3) is 2.23. The average molecular weight is 226 g/mol. The summed E-state index contributed by atoms with van der Waals surface area (Å²) in [7, 11) is 2.07. The van der Waals surface area contributed by atoms with Crippen molar-refractivity contribution in [2.75, 3.05) is 20.2 Å². The number of nitrogens with zero attached hydrogens (tertiary/aromatic N) is 1. The number of rotatable bonds is 4. The van der Waals surface area contributed by atoms with E-state index in [9.17, 15) is 4.79 Å². The minimum absolute atomic E-state index is 0.0712. The molecule has 4 nitrogen and oxygen atoms in total. The van der Waals surface area contributed by atoms with E-state index in [0.29, 0.717) is 18.7 Å². The predicted molar refractivity (Wildman–Crippen MR) is 62.2 cm³/mol. The second-order valence-electron chi connectivity index (χ2n) is 5.19. The molecule has 16 heavy (non-hydrogen) atoms. The molecule has 2 atom stereocenters. The van der Waals surface area contributed by atoms with Crippen LogP contribution in [0.15, 0.2) is 0 Å².